The minimum atomic E-state index is 0. The first-order valence-corrected chi connectivity index (χ1v) is 8.26. The number of aryl methyl sites for hydroxylation is 2. The molecule has 25 heavy (non-hydrogen) atoms. The van der Waals surface area contributed by atoms with Gasteiger partial charge in [0.05, 0.1) is 13.4 Å². The summed E-state index contributed by atoms with van der Waals surface area (Å²) in [6, 6.07) is 6.26. The zero-order chi connectivity index (χ0) is 17.2. The molecule has 0 fully saturated rings. The van der Waals surface area contributed by atoms with Gasteiger partial charge in [0.25, 0.3) is 0 Å². The number of aliphatic imine (C=N–C) groups is 1. The Labute approximate surface area is 167 Å². The third-order valence-electron chi connectivity index (χ3n) is 3.79. The van der Waals surface area contributed by atoms with Gasteiger partial charge < -0.3 is 19.9 Å². The van der Waals surface area contributed by atoms with Crippen LogP contribution in [0, 0.1) is 6.92 Å². The van der Waals surface area contributed by atoms with Crippen LogP contribution in [0.5, 0.6) is 5.75 Å². The van der Waals surface area contributed by atoms with Crippen molar-refractivity contribution in [1.82, 2.24) is 20.2 Å². The number of halogens is 1. The van der Waals surface area contributed by atoms with E-state index in [9.17, 15) is 0 Å². The second kappa shape index (κ2) is 11.7. The van der Waals surface area contributed by atoms with Crippen LogP contribution in [0.2, 0.25) is 0 Å². The molecule has 0 aliphatic heterocycles. The molecule has 0 amide bonds. The number of guanidine groups is 1. The standard InChI is InChI=1S/C18H27N5O.HI/c1-15-5-6-17(24-3)16(13-15)7-9-22-18(19-2)21-8-4-11-23-12-10-20-14-23;/h5-6,10,12-14H,4,7-9,11H2,1-3H3,(H2,19,21,22);1H. The zero-order valence-corrected chi connectivity index (χ0v) is 17.5. The molecule has 138 valence electrons. The predicted octanol–water partition coefficient (Wildman–Crippen LogP) is 2.62. The molecule has 2 N–H and O–H groups in total. The molecule has 0 bridgehead atoms. The summed E-state index contributed by atoms with van der Waals surface area (Å²) >= 11 is 0. The lowest BCUT2D eigenvalue weighted by molar-refractivity contribution is 0.409. The van der Waals surface area contributed by atoms with E-state index in [1.54, 1.807) is 20.4 Å². The Morgan fingerprint density at radius 1 is 1.28 bits per heavy atom. The topological polar surface area (TPSA) is 63.5 Å². The van der Waals surface area contributed by atoms with Crippen LogP contribution < -0.4 is 15.4 Å². The van der Waals surface area contributed by atoms with Crippen molar-refractivity contribution in [3.05, 3.63) is 48.0 Å². The molecule has 0 atom stereocenters. The van der Waals surface area contributed by atoms with E-state index in [1.807, 2.05) is 18.6 Å². The molecule has 0 saturated carbocycles. The predicted molar refractivity (Wildman–Crippen MR) is 113 cm³/mol. The van der Waals surface area contributed by atoms with Crippen molar-refractivity contribution in [2.75, 3.05) is 27.2 Å². The van der Waals surface area contributed by atoms with E-state index < -0.39 is 0 Å². The molecule has 0 saturated heterocycles. The fraction of sp³-hybridized carbons (Fsp3) is 0.444. The lowest BCUT2D eigenvalue weighted by atomic mass is 10.1. The first-order valence-electron chi connectivity index (χ1n) is 8.26. The second-order valence-electron chi connectivity index (χ2n) is 5.65. The van der Waals surface area contributed by atoms with Crippen molar-refractivity contribution in [3.8, 4) is 5.75 Å². The number of rotatable bonds is 8. The Morgan fingerprint density at radius 2 is 2.08 bits per heavy atom. The maximum Gasteiger partial charge on any atom is 0.190 e. The first-order chi connectivity index (χ1) is 11.7. The van der Waals surface area contributed by atoms with Gasteiger partial charge in [-0.15, -0.1) is 24.0 Å². The molecule has 0 radical (unpaired) electrons. The summed E-state index contributed by atoms with van der Waals surface area (Å²) in [6.45, 7) is 4.72. The molecule has 6 nitrogen and oxygen atoms in total. The van der Waals surface area contributed by atoms with Crippen LogP contribution in [-0.2, 0) is 13.0 Å². The molecular formula is C18H28IN5O. The third-order valence-corrected chi connectivity index (χ3v) is 3.79. The molecule has 0 unspecified atom stereocenters. The van der Waals surface area contributed by atoms with Gasteiger partial charge >= 0.3 is 0 Å². The van der Waals surface area contributed by atoms with Gasteiger partial charge in [-0.1, -0.05) is 17.7 Å². The highest BCUT2D eigenvalue weighted by atomic mass is 127. The van der Waals surface area contributed by atoms with E-state index in [4.69, 9.17) is 4.74 Å². The van der Waals surface area contributed by atoms with Gasteiger partial charge in [0.2, 0.25) is 0 Å². The average molecular weight is 457 g/mol. The Morgan fingerprint density at radius 3 is 2.76 bits per heavy atom. The van der Waals surface area contributed by atoms with Crippen molar-refractivity contribution >= 4 is 29.9 Å². The summed E-state index contributed by atoms with van der Waals surface area (Å²) in [4.78, 5) is 8.30. The van der Waals surface area contributed by atoms with Gasteiger partial charge in [-0.3, -0.25) is 4.99 Å². The highest BCUT2D eigenvalue weighted by Gasteiger charge is 2.04. The Bertz CT molecular complexity index is 643. The minimum absolute atomic E-state index is 0. The second-order valence-corrected chi connectivity index (χ2v) is 5.65. The summed E-state index contributed by atoms with van der Waals surface area (Å²) in [5, 5.41) is 6.68. The van der Waals surface area contributed by atoms with E-state index in [1.165, 1.54) is 11.1 Å². The maximum absolute atomic E-state index is 5.42. The monoisotopic (exact) mass is 457 g/mol. The number of nitrogens with one attached hydrogen (secondary N) is 2. The largest absolute Gasteiger partial charge is 0.496 e. The number of nitrogens with zero attached hydrogens (tertiary/aromatic N) is 3. The van der Waals surface area contributed by atoms with Crippen molar-refractivity contribution in [3.63, 3.8) is 0 Å². The minimum Gasteiger partial charge on any atom is -0.496 e. The normalized spacial score (nSPS) is 10.9. The highest BCUT2D eigenvalue weighted by molar-refractivity contribution is 14.0. The fourth-order valence-corrected chi connectivity index (χ4v) is 2.53. The Balaban J connectivity index is 0.00000312. The van der Waals surface area contributed by atoms with Crippen LogP contribution >= 0.6 is 24.0 Å². The fourth-order valence-electron chi connectivity index (χ4n) is 2.53. The van der Waals surface area contributed by atoms with E-state index in [2.05, 4.69) is 44.2 Å². The summed E-state index contributed by atoms with van der Waals surface area (Å²) in [5.41, 5.74) is 2.45. The van der Waals surface area contributed by atoms with Crippen LogP contribution in [0.1, 0.15) is 17.5 Å². The van der Waals surface area contributed by atoms with Crippen LogP contribution in [0.3, 0.4) is 0 Å². The number of imidazole rings is 1. The quantitative estimate of drug-likeness (QED) is 0.277. The zero-order valence-electron chi connectivity index (χ0n) is 15.2. The molecule has 0 aliphatic carbocycles. The molecule has 2 aromatic rings. The molecule has 2 rings (SSSR count). The van der Waals surface area contributed by atoms with Gasteiger partial charge in [0.15, 0.2) is 5.96 Å². The van der Waals surface area contributed by atoms with E-state index in [0.29, 0.717) is 0 Å². The van der Waals surface area contributed by atoms with Gasteiger partial charge in [-0.05, 0) is 31.4 Å². The number of hydrogen-bond donors (Lipinski definition) is 2. The van der Waals surface area contributed by atoms with Gasteiger partial charge in [0, 0.05) is 39.1 Å². The van der Waals surface area contributed by atoms with Crippen molar-refractivity contribution in [1.29, 1.82) is 0 Å². The molecule has 1 heterocycles. The number of methoxy groups -OCH3 is 1. The summed E-state index contributed by atoms with van der Waals surface area (Å²) in [5.74, 6) is 1.76. The third kappa shape index (κ3) is 7.33. The molecule has 0 aliphatic rings. The van der Waals surface area contributed by atoms with E-state index >= 15 is 0 Å². The Kier molecular flexibility index (Phi) is 9.98. The molecule has 1 aromatic carbocycles. The lowest BCUT2D eigenvalue weighted by Crippen LogP contribution is -2.39. The molecular weight excluding hydrogens is 429 g/mol. The molecule has 7 heteroatoms. The first kappa shape index (κ1) is 21.3. The lowest BCUT2D eigenvalue weighted by Gasteiger charge is -2.13. The SMILES string of the molecule is CN=C(NCCCn1ccnc1)NCCc1cc(C)ccc1OC.I. The summed E-state index contributed by atoms with van der Waals surface area (Å²) in [6.07, 6.45) is 7.52. The number of ether oxygens (including phenoxy) is 1. The van der Waals surface area contributed by atoms with Crippen molar-refractivity contribution < 1.29 is 4.74 Å². The van der Waals surface area contributed by atoms with Gasteiger partial charge in [-0.2, -0.15) is 0 Å². The van der Waals surface area contributed by atoms with Gasteiger partial charge in [-0.25, -0.2) is 4.98 Å². The van der Waals surface area contributed by atoms with Crippen LogP contribution in [0.25, 0.3) is 0 Å². The maximum atomic E-state index is 5.42. The van der Waals surface area contributed by atoms with Gasteiger partial charge in [0.1, 0.15) is 5.75 Å². The smallest absolute Gasteiger partial charge is 0.190 e. The van der Waals surface area contributed by atoms with Crippen LogP contribution in [0.4, 0.5) is 0 Å². The van der Waals surface area contributed by atoms with Crippen LogP contribution in [0.15, 0.2) is 41.9 Å². The van der Waals surface area contributed by atoms with Crippen LogP contribution in [-0.4, -0.2) is 42.8 Å². The van der Waals surface area contributed by atoms with Crippen molar-refractivity contribution in [2.24, 2.45) is 4.99 Å². The Hall–Kier alpha value is -1.77. The van der Waals surface area contributed by atoms with E-state index in [-0.39, 0.29) is 24.0 Å². The number of benzene rings is 1. The van der Waals surface area contributed by atoms with Crippen molar-refractivity contribution in [2.45, 2.75) is 26.3 Å². The number of hydrogen-bond acceptors (Lipinski definition) is 3. The highest BCUT2D eigenvalue weighted by Crippen LogP contribution is 2.19. The van der Waals surface area contributed by atoms with E-state index in [0.717, 1.165) is 44.2 Å². The average Bonchev–Trinajstić information content (AvgIpc) is 3.10. The molecule has 1 aromatic heterocycles. The summed E-state index contributed by atoms with van der Waals surface area (Å²) < 4.78 is 7.49. The molecule has 0 spiro atoms. The number of aromatic nitrogens is 2. The summed E-state index contributed by atoms with van der Waals surface area (Å²) in [7, 11) is 3.50.